The van der Waals surface area contributed by atoms with Crippen LogP contribution in [-0.2, 0) is 0 Å². The molecule has 0 heterocycles. The minimum atomic E-state index is -0.167. The second-order valence-electron chi connectivity index (χ2n) is 3.80. The van der Waals surface area contributed by atoms with E-state index in [1.54, 1.807) is 6.07 Å². The predicted octanol–water partition coefficient (Wildman–Crippen LogP) is 2.43. The molecule has 0 fully saturated rings. The van der Waals surface area contributed by atoms with E-state index in [2.05, 4.69) is 10.5 Å². The molecular weight excluding hydrogens is 188 g/mol. The lowest BCUT2D eigenvalue weighted by atomic mass is 10.1. The highest BCUT2D eigenvalue weighted by Crippen LogP contribution is 2.09. The third-order valence-electron chi connectivity index (χ3n) is 2.15. The fraction of sp³-hybridized carbons (Fsp3) is 0.333. The summed E-state index contributed by atoms with van der Waals surface area (Å²) in [5.74, 6) is -0.167. The van der Waals surface area contributed by atoms with Crippen molar-refractivity contribution in [1.29, 1.82) is 0 Å². The van der Waals surface area contributed by atoms with Crippen LogP contribution in [0, 0.1) is 13.8 Å². The summed E-state index contributed by atoms with van der Waals surface area (Å²) in [6, 6.07) is 5.61. The fourth-order valence-electron chi connectivity index (χ4n) is 1.11. The molecule has 0 saturated carbocycles. The number of hydrazone groups is 1. The lowest BCUT2D eigenvalue weighted by Crippen LogP contribution is -2.18. The number of nitrogens with one attached hydrogen (secondary N) is 1. The lowest BCUT2D eigenvalue weighted by Gasteiger charge is -2.03. The van der Waals surface area contributed by atoms with Crippen LogP contribution in [0.2, 0.25) is 0 Å². The van der Waals surface area contributed by atoms with E-state index in [0.29, 0.717) is 5.56 Å². The molecule has 0 spiro atoms. The van der Waals surface area contributed by atoms with Gasteiger partial charge < -0.3 is 0 Å². The summed E-state index contributed by atoms with van der Waals surface area (Å²) in [7, 11) is 0. The molecule has 1 N–H and O–H groups in total. The second kappa shape index (κ2) is 4.73. The molecule has 0 aliphatic carbocycles. The van der Waals surface area contributed by atoms with Crippen LogP contribution in [0.15, 0.2) is 23.3 Å². The Kier molecular flexibility index (Phi) is 3.61. The zero-order valence-corrected chi connectivity index (χ0v) is 9.59. The zero-order chi connectivity index (χ0) is 11.4. The van der Waals surface area contributed by atoms with Crippen molar-refractivity contribution < 1.29 is 4.79 Å². The van der Waals surface area contributed by atoms with Gasteiger partial charge in [-0.25, -0.2) is 5.43 Å². The summed E-state index contributed by atoms with van der Waals surface area (Å²) < 4.78 is 0. The van der Waals surface area contributed by atoms with E-state index in [0.717, 1.165) is 11.3 Å². The first kappa shape index (κ1) is 11.4. The highest BCUT2D eigenvalue weighted by Gasteiger charge is 2.04. The van der Waals surface area contributed by atoms with E-state index in [4.69, 9.17) is 0 Å². The highest BCUT2D eigenvalue weighted by atomic mass is 16.2. The van der Waals surface area contributed by atoms with Crippen LogP contribution in [-0.4, -0.2) is 11.6 Å². The Morgan fingerprint density at radius 2 is 1.87 bits per heavy atom. The standard InChI is InChI=1S/C12H16N2O/c1-8(2)13-14-12(15)11-6-5-9(3)10(4)7-11/h5-7H,1-4H3,(H,14,15). The van der Waals surface area contributed by atoms with Crippen LogP contribution >= 0.6 is 0 Å². The van der Waals surface area contributed by atoms with Gasteiger partial charge in [0.2, 0.25) is 0 Å². The quantitative estimate of drug-likeness (QED) is 0.583. The van der Waals surface area contributed by atoms with Crippen molar-refractivity contribution in [3.8, 4) is 0 Å². The number of rotatable bonds is 2. The van der Waals surface area contributed by atoms with Gasteiger partial charge in [-0.05, 0) is 51.0 Å². The Bertz CT molecular complexity index is 404. The van der Waals surface area contributed by atoms with E-state index >= 15 is 0 Å². The zero-order valence-electron chi connectivity index (χ0n) is 9.59. The van der Waals surface area contributed by atoms with Crippen molar-refractivity contribution in [3.05, 3.63) is 34.9 Å². The van der Waals surface area contributed by atoms with Crippen LogP contribution in [0.3, 0.4) is 0 Å². The van der Waals surface area contributed by atoms with Crippen LogP contribution in [0.5, 0.6) is 0 Å². The summed E-state index contributed by atoms with van der Waals surface area (Å²) >= 11 is 0. The maximum atomic E-state index is 11.6. The van der Waals surface area contributed by atoms with E-state index in [1.807, 2.05) is 39.8 Å². The molecular formula is C12H16N2O. The van der Waals surface area contributed by atoms with Gasteiger partial charge in [-0.1, -0.05) is 6.07 Å². The molecule has 3 heteroatoms. The van der Waals surface area contributed by atoms with Crippen molar-refractivity contribution in [2.75, 3.05) is 0 Å². The third-order valence-corrected chi connectivity index (χ3v) is 2.15. The largest absolute Gasteiger partial charge is 0.271 e. The maximum Gasteiger partial charge on any atom is 0.271 e. The normalized spacial score (nSPS) is 9.60. The molecule has 0 bridgehead atoms. The molecule has 1 aromatic carbocycles. The Balaban J connectivity index is 2.83. The molecule has 0 aromatic heterocycles. The molecule has 15 heavy (non-hydrogen) atoms. The summed E-state index contributed by atoms with van der Waals surface area (Å²) in [6.45, 7) is 7.67. The molecule has 0 atom stereocenters. The van der Waals surface area contributed by atoms with Crippen molar-refractivity contribution in [1.82, 2.24) is 5.43 Å². The first-order valence-corrected chi connectivity index (χ1v) is 4.89. The number of aryl methyl sites for hydroxylation is 2. The third kappa shape index (κ3) is 3.20. The summed E-state index contributed by atoms with van der Waals surface area (Å²) in [5, 5.41) is 3.87. The van der Waals surface area contributed by atoms with Gasteiger partial charge in [-0.3, -0.25) is 4.79 Å². The van der Waals surface area contributed by atoms with Gasteiger partial charge in [-0.2, -0.15) is 5.10 Å². The maximum absolute atomic E-state index is 11.6. The van der Waals surface area contributed by atoms with Crippen LogP contribution < -0.4 is 5.43 Å². The topological polar surface area (TPSA) is 41.5 Å². The van der Waals surface area contributed by atoms with Gasteiger partial charge in [-0.15, -0.1) is 0 Å². The first-order chi connectivity index (χ1) is 7.00. The Hall–Kier alpha value is -1.64. The predicted molar refractivity (Wildman–Crippen MR) is 62.2 cm³/mol. The molecule has 1 rings (SSSR count). The number of benzene rings is 1. The molecule has 1 amide bonds. The van der Waals surface area contributed by atoms with Gasteiger partial charge in [0, 0.05) is 11.3 Å². The first-order valence-electron chi connectivity index (χ1n) is 4.89. The van der Waals surface area contributed by atoms with Crippen LogP contribution in [0.25, 0.3) is 0 Å². The molecule has 0 unspecified atom stereocenters. The number of nitrogens with zero attached hydrogens (tertiary/aromatic N) is 1. The van der Waals surface area contributed by atoms with E-state index in [-0.39, 0.29) is 5.91 Å². The van der Waals surface area contributed by atoms with Crippen molar-refractivity contribution >= 4 is 11.6 Å². The van der Waals surface area contributed by atoms with Gasteiger partial charge in [0.25, 0.3) is 5.91 Å². The van der Waals surface area contributed by atoms with Gasteiger partial charge in [0.1, 0.15) is 0 Å². The fourth-order valence-corrected chi connectivity index (χ4v) is 1.11. The molecule has 0 saturated heterocycles. The summed E-state index contributed by atoms with van der Waals surface area (Å²) in [6.07, 6.45) is 0. The van der Waals surface area contributed by atoms with Crippen LogP contribution in [0.4, 0.5) is 0 Å². The molecule has 80 valence electrons. The SMILES string of the molecule is CC(C)=NNC(=O)c1ccc(C)c(C)c1. The summed E-state index contributed by atoms with van der Waals surface area (Å²) in [4.78, 5) is 11.6. The number of amides is 1. The van der Waals surface area contributed by atoms with Gasteiger partial charge in [0.05, 0.1) is 0 Å². The number of hydrogen-bond acceptors (Lipinski definition) is 2. The Morgan fingerprint density at radius 1 is 1.20 bits per heavy atom. The highest BCUT2D eigenvalue weighted by molar-refractivity contribution is 5.95. The van der Waals surface area contributed by atoms with Gasteiger partial charge >= 0.3 is 0 Å². The van der Waals surface area contributed by atoms with Gasteiger partial charge in [0.15, 0.2) is 0 Å². The van der Waals surface area contributed by atoms with E-state index in [9.17, 15) is 4.79 Å². The second-order valence-corrected chi connectivity index (χ2v) is 3.80. The number of hydrogen-bond donors (Lipinski definition) is 1. The summed E-state index contributed by atoms with van der Waals surface area (Å²) in [5.41, 5.74) is 6.26. The van der Waals surface area contributed by atoms with E-state index in [1.165, 1.54) is 5.56 Å². The monoisotopic (exact) mass is 204 g/mol. The average Bonchev–Trinajstić information content (AvgIpc) is 2.18. The molecule has 1 aromatic rings. The van der Waals surface area contributed by atoms with Crippen LogP contribution in [0.1, 0.15) is 35.3 Å². The van der Waals surface area contributed by atoms with Crippen molar-refractivity contribution in [2.45, 2.75) is 27.7 Å². The molecule has 3 nitrogen and oxygen atoms in total. The Labute approximate surface area is 90.2 Å². The smallest absolute Gasteiger partial charge is 0.267 e. The minimum absolute atomic E-state index is 0.167. The average molecular weight is 204 g/mol. The van der Waals surface area contributed by atoms with Crippen molar-refractivity contribution in [3.63, 3.8) is 0 Å². The number of carbonyl (C=O) groups is 1. The molecule has 0 radical (unpaired) electrons. The van der Waals surface area contributed by atoms with Crippen molar-refractivity contribution in [2.24, 2.45) is 5.10 Å². The number of carbonyl (C=O) groups excluding carboxylic acids is 1. The Morgan fingerprint density at radius 3 is 2.40 bits per heavy atom. The van der Waals surface area contributed by atoms with E-state index < -0.39 is 0 Å². The minimum Gasteiger partial charge on any atom is -0.267 e. The molecule has 0 aliphatic heterocycles. The molecule has 0 aliphatic rings. The lowest BCUT2D eigenvalue weighted by molar-refractivity contribution is 0.0954.